The van der Waals surface area contributed by atoms with Gasteiger partial charge < -0.3 is 4.90 Å². The Morgan fingerprint density at radius 3 is 2.52 bits per heavy atom. The van der Waals surface area contributed by atoms with Gasteiger partial charge in [-0.15, -0.1) is 0 Å². The van der Waals surface area contributed by atoms with Crippen LogP contribution in [0.25, 0.3) is 0 Å². The monoisotopic (exact) mass is 424 g/mol. The first-order valence-corrected chi connectivity index (χ1v) is 10.4. The number of carbonyl (C=O) groups excluding carboxylic acids is 1. The number of rotatable bonds is 4. The molecule has 1 saturated heterocycles. The van der Waals surface area contributed by atoms with Gasteiger partial charge >= 0.3 is 6.18 Å². The number of halogens is 3. The Balaban J connectivity index is 1.43. The lowest BCUT2D eigenvalue weighted by Gasteiger charge is -2.32. The van der Waals surface area contributed by atoms with Crippen LogP contribution in [0.3, 0.4) is 0 Å². The van der Waals surface area contributed by atoms with E-state index in [0.717, 1.165) is 36.7 Å². The normalized spacial score (nSPS) is 16.9. The molecule has 1 atom stereocenters. The van der Waals surface area contributed by atoms with Crippen LogP contribution in [-0.2, 0) is 12.6 Å². The Bertz CT molecular complexity index is 1030. The molecule has 1 amide bonds. The first-order valence-electron chi connectivity index (χ1n) is 10.4. The molecule has 1 aromatic heterocycles. The molecule has 2 heterocycles. The highest BCUT2D eigenvalue weighted by Crippen LogP contribution is 2.30. The van der Waals surface area contributed by atoms with Gasteiger partial charge in [0.25, 0.3) is 5.91 Å². The Morgan fingerprint density at radius 1 is 1.00 bits per heavy atom. The maximum atomic E-state index is 12.9. The number of hydrogen-bond acceptors (Lipinski definition) is 2. The van der Waals surface area contributed by atoms with Crippen LogP contribution in [0.2, 0.25) is 0 Å². The molecule has 0 N–H and O–H groups in total. The van der Waals surface area contributed by atoms with Crippen molar-refractivity contribution in [2.45, 2.75) is 31.4 Å². The van der Waals surface area contributed by atoms with E-state index >= 15 is 0 Å². The van der Waals surface area contributed by atoms with Crippen molar-refractivity contribution in [2.24, 2.45) is 0 Å². The Morgan fingerprint density at radius 2 is 1.81 bits per heavy atom. The summed E-state index contributed by atoms with van der Waals surface area (Å²) in [5.41, 5.74) is 2.42. The summed E-state index contributed by atoms with van der Waals surface area (Å²) in [6.07, 6.45) is -0.356. The third kappa shape index (κ3) is 5.13. The van der Waals surface area contributed by atoms with E-state index in [4.69, 9.17) is 0 Å². The lowest BCUT2D eigenvalue weighted by molar-refractivity contribution is -0.137. The van der Waals surface area contributed by atoms with Gasteiger partial charge in [0.15, 0.2) is 0 Å². The molecule has 1 aliphatic rings. The zero-order chi connectivity index (χ0) is 21.8. The van der Waals surface area contributed by atoms with Crippen LogP contribution in [0.15, 0.2) is 72.9 Å². The van der Waals surface area contributed by atoms with Gasteiger partial charge in [-0.1, -0.05) is 42.5 Å². The zero-order valence-electron chi connectivity index (χ0n) is 17.0. The third-order valence-corrected chi connectivity index (χ3v) is 5.66. The summed E-state index contributed by atoms with van der Waals surface area (Å²) >= 11 is 0. The summed E-state index contributed by atoms with van der Waals surface area (Å²) in [4.78, 5) is 19.2. The minimum Gasteiger partial charge on any atom is -0.338 e. The van der Waals surface area contributed by atoms with E-state index in [1.54, 1.807) is 12.3 Å². The zero-order valence-corrected chi connectivity index (χ0v) is 17.0. The average Bonchev–Trinajstić information content (AvgIpc) is 2.79. The molecule has 2 aromatic carbocycles. The van der Waals surface area contributed by atoms with E-state index in [1.807, 2.05) is 47.4 Å². The van der Waals surface area contributed by atoms with E-state index in [2.05, 4.69) is 4.98 Å². The van der Waals surface area contributed by atoms with E-state index in [-0.39, 0.29) is 11.8 Å². The van der Waals surface area contributed by atoms with Crippen LogP contribution in [0.1, 0.15) is 51.5 Å². The Kier molecular flexibility index (Phi) is 6.07. The predicted molar refractivity (Wildman–Crippen MR) is 113 cm³/mol. The van der Waals surface area contributed by atoms with E-state index < -0.39 is 11.7 Å². The number of pyridine rings is 1. The molecule has 3 aromatic rings. The van der Waals surface area contributed by atoms with Crippen LogP contribution in [0.4, 0.5) is 13.2 Å². The van der Waals surface area contributed by atoms with Gasteiger partial charge in [0, 0.05) is 36.5 Å². The van der Waals surface area contributed by atoms with Crippen molar-refractivity contribution in [3.05, 3.63) is 101 Å². The Hall–Kier alpha value is -3.15. The smallest absolute Gasteiger partial charge is 0.338 e. The van der Waals surface area contributed by atoms with Gasteiger partial charge in [-0.3, -0.25) is 9.78 Å². The fourth-order valence-electron chi connectivity index (χ4n) is 4.04. The third-order valence-electron chi connectivity index (χ3n) is 5.66. The quantitative estimate of drug-likeness (QED) is 0.537. The molecular formula is C25H23F3N2O. The maximum Gasteiger partial charge on any atom is 0.416 e. The molecule has 0 unspecified atom stereocenters. The van der Waals surface area contributed by atoms with Gasteiger partial charge in [-0.2, -0.15) is 13.2 Å². The molecule has 6 heteroatoms. The number of amides is 1. The summed E-state index contributed by atoms with van der Waals surface area (Å²) in [6.45, 7) is 1.35. The molecule has 4 rings (SSSR count). The average molecular weight is 424 g/mol. The second kappa shape index (κ2) is 8.92. The minimum absolute atomic E-state index is 0.0338. The molecule has 0 bridgehead atoms. The predicted octanol–water partition coefficient (Wildman–Crippen LogP) is 5.71. The molecule has 3 nitrogen and oxygen atoms in total. The number of carbonyl (C=O) groups is 1. The van der Waals surface area contributed by atoms with Crippen molar-refractivity contribution < 1.29 is 18.0 Å². The molecule has 0 radical (unpaired) electrons. The molecule has 1 fully saturated rings. The fraction of sp³-hybridized carbons (Fsp3) is 0.280. The molecule has 0 spiro atoms. The molecule has 1 aliphatic heterocycles. The highest BCUT2D eigenvalue weighted by Gasteiger charge is 2.30. The van der Waals surface area contributed by atoms with Crippen molar-refractivity contribution in [3.63, 3.8) is 0 Å². The van der Waals surface area contributed by atoms with Crippen molar-refractivity contribution >= 4 is 5.91 Å². The van der Waals surface area contributed by atoms with E-state index in [1.165, 1.54) is 12.1 Å². The topological polar surface area (TPSA) is 33.2 Å². The van der Waals surface area contributed by atoms with Crippen molar-refractivity contribution in [1.82, 2.24) is 9.88 Å². The Labute approximate surface area is 179 Å². The van der Waals surface area contributed by atoms with Gasteiger partial charge in [-0.25, -0.2) is 0 Å². The van der Waals surface area contributed by atoms with Crippen LogP contribution >= 0.6 is 0 Å². The van der Waals surface area contributed by atoms with Gasteiger partial charge in [0.05, 0.1) is 5.56 Å². The van der Waals surface area contributed by atoms with Crippen LogP contribution < -0.4 is 0 Å². The fourth-order valence-corrected chi connectivity index (χ4v) is 4.04. The second-order valence-corrected chi connectivity index (χ2v) is 7.92. The lowest BCUT2D eigenvalue weighted by atomic mass is 9.93. The van der Waals surface area contributed by atoms with E-state index in [0.29, 0.717) is 24.1 Å². The van der Waals surface area contributed by atoms with Crippen LogP contribution in [0, 0.1) is 0 Å². The number of likely N-dealkylation sites (tertiary alicyclic amines) is 1. The van der Waals surface area contributed by atoms with Crippen molar-refractivity contribution in [2.75, 3.05) is 13.1 Å². The van der Waals surface area contributed by atoms with Gasteiger partial charge in [0.1, 0.15) is 0 Å². The van der Waals surface area contributed by atoms with Crippen molar-refractivity contribution in [1.29, 1.82) is 0 Å². The number of alkyl halides is 3. The number of benzene rings is 2. The maximum absolute atomic E-state index is 12.9. The molecule has 0 saturated carbocycles. The largest absolute Gasteiger partial charge is 0.416 e. The number of hydrogen-bond donors (Lipinski definition) is 0. The van der Waals surface area contributed by atoms with E-state index in [9.17, 15) is 18.0 Å². The summed E-state index contributed by atoms with van der Waals surface area (Å²) < 4.78 is 38.8. The SMILES string of the molecule is O=C(c1ccccc1)N1CCC[C@H](c2ccc(Cc3cccc(C(F)(F)F)c3)cn2)C1. The van der Waals surface area contributed by atoms with Crippen LogP contribution in [0.5, 0.6) is 0 Å². The highest BCUT2D eigenvalue weighted by molar-refractivity contribution is 5.94. The molecular weight excluding hydrogens is 401 g/mol. The summed E-state index contributed by atoms with van der Waals surface area (Å²) in [6, 6.07) is 18.5. The highest BCUT2D eigenvalue weighted by atomic mass is 19.4. The van der Waals surface area contributed by atoms with Crippen molar-refractivity contribution in [3.8, 4) is 0 Å². The molecule has 160 valence electrons. The summed E-state index contributed by atoms with van der Waals surface area (Å²) in [5, 5.41) is 0. The number of aromatic nitrogens is 1. The van der Waals surface area contributed by atoms with Crippen LogP contribution in [-0.4, -0.2) is 28.9 Å². The molecule has 0 aliphatic carbocycles. The summed E-state index contributed by atoms with van der Waals surface area (Å²) in [7, 11) is 0. The number of nitrogens with zero attached hydrogens (tertiary/aromatic N) is 2. The van der Waals surface area contributed by atoms with Gasteiger partial charge in [0.2, 0.25) is 0 Å². The number of piperidine rings is 1. The lowest BCUT2D eigenvalue weighted by Crippen LogP contribution is -2.39. The second-order valence-electron chi connectivity index (χ2n) is 7.92. The molecule has 31 heavy (non-hydrogen) atoms. The summed E-state index contributed by atoms with van der Waals surface area (Å²) in [5.74, 6) is 0.190. The standard InChI is InChI=1S/C25H23F3N2O/c26-25(27,28)22-10-4-6-18(15-22)14-19-11-12-23(29-16-19)21-9-5-13-30(17-21)24(31)20-7-2-1-3-8-20/h1-4,6-8,10-12,15-16,21H,5,9,13-14,17H2/t21-/m0/s1. The minimum atomic E-state index is -4.35. The van der Waals surface area contributed by atoms with Gasteiger partial charge in [-0.05, 0) is 54.7 Å². The first kappa shape index (κ1) is 21.1. The first-order chi connectivity index (χ1) is 14.9.